The second-order valence-electron chi connectivity index (χ2n) is 3.67. The number of allylic oxidation sites excluding steroid dienone is 3. The highest BCUT2D eigenvalue weighted by atomic mass is 35.5. The Morgan fingerprint density at radius 3 is 2.35 bits per heavy atom. The first-order valence-corrected chi connectivity index (χ1v) is 7.10. The van der Waals surface area contributed by atoms with E-state index in [0.29, 0.717) is 10.7 Å². The van der Waals surface area contributed by atoms with Crippen molar-refractivity contribution < 1.29 is 8.42 Å². The molecule has 17 heavy (non-hydrogen) atoms. The van der Waals surface area contributed by atoms with Gasteiger partial charge in [-0.15, -0.1) is 0 Å². The molecule has 0 atom stereocenters. The number of rotatable bonds is 3. The molecule has 1 aromatic carbocycles. The SMILES string of the molecule is O=S(=O)(NC1=CCCC=C1Cl)c1ccccc1. The van der Waals surface area contributed by atoms with Crippen LogP contribution in [0.25, 0.3) is 0 Å². The van der Waals surface area contributed by atoms with Gasteiger partial charge in [-0.3, -0.25) is 4.72 Å². The van der Waals surface area contributed by atoms with Crippen LogP contribution >= 0.6 is 11.6 Å². The summed E-state index contributed by atoms with van der Waals surface area (Å²) in [6.45, 7) is 0. The molecule has 0 saturated carbocycles. The van der Waals surface area contributed by atoms with Crippen LogP contribution in [0.15, 0.2) is 58.1 Å². The molecule has 0 unspecified atom stereocenters. The minimum absolute atomic E-state index is 0.232. The van der Waals surface area contributed by atoms with Gasteiger partial charge in [0.1, 0.15) is 0 Å². The summed E-state index contributed by atoms with van der Waals surface area (Å²) in [4.78, 5) is 0.232. The number of hydrogen-bond acceptors (Lipinski definition) is 2. The molecule has 1 aliphatic carbocycles. The van der Waals surface area contributed by atoms with Gasteiger partial charge >= 0.3 is 0 Å². The number of benzene rings is 1. The lowest BCUT2D eigenvalue weighted by Gasteiger charge is -2.14. The van der Waals surface area contributed by atoms with E-state index < -0.39 is 10.0 Å². The first-order valence-electron chi connectivity index (χ1n) is 5.24. The fraction of sp³-hybridized carbons (Fsp3) is 0.167. The number of nitrogens with one attached hydrogen (secondary N) is 1. The highest BCUT2D eigenvalue weighted by Crippen LogP contribution is 2.21. The third kappa shape index (κ3) is 2.90. The van der Waals surface area contributed by atoms with Crippen LogP contribution in [0, 0.1) is 0 Å². The number of sulfonamides is 1. The molecule has 0 fully saturated rings. The third-order valence-electron chi connectivity index (χ3n) is 2.39. The van der Waals surface area contributed by atoms with Crippen LogP contribution in [0.5, 0.6) is 0 Å². The maximum absolute atomic E-state index is 12.0. The van der Waals surface area contributed by atoms with E-state index in [1.165, 1.54) is 0 Å². The quantitative estimate of drug-likeness (QED) is 0.917. The average molecular weight is 270 g/mol. The predicted octanol–water partition coefficient (Wildman–Crippen LogP) is 2.77. The lowest BCUT2D eigenvalue weighted by molar-refractivity contribution is 0.589. The molecule has 3 nitrogen and oxygen atoms in total. The molecule has 0 radical (unpaired) electrons. The summed E-state index contributed by atoms with van der Waals surface area (Å²) in [5.41, 5.74) is 0.460. The monoisotopic (exact) mass is 269 g/mol. The molecular formula is C12H12ClNO2S. The molecule has 5 heteroatoms. The van der Waals surface area contributed by atoms with Gasteiger partial charge in [-0.05, 0) is 25.0 Å². The van der Waals surface area contributed by atoms with E-state index in [1.807, 2.05) is 6.08 Å². The topological polar surface area (TPSA) is 46.2 Å². The fourth-order valence-electron chi connectivity index (χ4n) is 1.54. The van der Waals surface area contributed by atoms with Gasteiger partial charge in [0.25, 0.3) is 10.0 Å². The van der Waals surface area contributed by atoms with Crippen LogP contribution in [-0.4, -0.2) is 8.42 Å². The Morgan fingerprint density at radius 1 is 1.06 bits per heavy atom. The highest BCUT2D eigenvalue weighted by Gasteiger charge is 2.17. The Morgan fingerprint density at radius 2 is 1.71 bits per heavy atom. The Balaban J connectivity index is 2.25. The largest absolute Gasteiger partial charge is 0.278 e. The smallest absolute Gasteiger partial charge is 0.261 e. The first-order chi connectivity index (χ1) is 8.09. The lowest BCUT2D eigenvalue weighted by atomic mass is 10.1. The van der Waals surface area contributed by atoms with Crippen LogP contribution in [0.1, 0.15) is 12.8 Å². The van der Waals surface area contributed by atoms with E-state index in [2.05, 4.69) is 4.72 Å². The van der Waals surface area contributed by atoms with E-state index in [-0.39, 0.29) is 4.90 Å². The summed E-state index contributed by atoms with van der Waals surface area (Å²) in [5.74, 6) is 0. The maximum atomic E-state index is 12.0. The molecule has 90 valence electrons. The van der Waals surface area contributed by atoms with Crippen LogP contribution in [0.2, 0.25) is 0 Å². The molecule has 0 saturated heterocycles. The summed E-state index contributed by atoms with van der Waals surface area (Å²) >= 11 is 5.94. The zero-order valence-corrected chi connectivity index (χ0v) is 10.6. The van der Waals surface area contributed by atoms with Crippen molar-refractivity contribution in [3.8, 4) is 0 Å². The summed E-state index contributed by atoms with van der Waals surface area (Å²) in [6, 6.07) is 8.22. The lowest BCUT2D eigenvalue weighted by Crippen LogP contribution is -2.24. The number of halogens is 1. The van der Waals surface area contributed by atoms with E-state index in [1.54, 1.807) is 36.4 Å². The third-order valence-corrected chi connectivity index (χ3v) is 4.13. The standard InChI is InChI=1S/C12H12ClNO2S/c13-11-8-4-5-9-12(11)14-17(15,16)10-6-2-1-3-7-10/h1-3,6-9,14H,4-5H2. The van der Waals surface area contributed by atoms with Crippen LogP contribution in [0.4, 0.5) is 0 Å². The van der Waals surface area contributed by atoms with Crippen molar-refractivity contribution in [1.29, 1.82) is 0 Å². The normalized spacial score (nSPS) is 16.1. The summed E-state index contributed by atoms with van der Waals surface area (Å²) in [6.07, 6.45) is 5.24. The molecule has 1 aromatic rings. The molecular weight excluding hydrogens is 258 g/mol. The van der Waals surface area contributed by atoms with Crippen molar-refractivity contribution in [3.63, 3.8) is 0 Å². The highest BCUT2D eigenvalue weighted by molar-refractivity contribution is 7.89. The van der Waals surface area contributed by atoms with Gasteiger partial charge in [0, 0.05) is 0 Å². The Bertz CT molecular complexity index is 561. The molecule has 0 bridgehead atoms. The van der Waals surface area contributed by atoms with E-state index in [0.717, 1.165) is 12.8 Å². The molecule has 0 spiro atoms. The van der Waals surface area contributed by atoms with Crippen molar-refractivity contribution in [2.75, 3.05) is 0 Å². The minimum Gasteiger partial charge on any atom is -0.278 e. The zero-order chi connectivity index (χ0) is 12.3. The summed E-state index contributed by atoms with van der Waals surface area (Å²) < 4.78 is 26.5. The van der Waals surface area contributed by atoms with Crippen LogP contribution in [-0.2, 0) is 10.0 Å². The van der Waals surface area contributed by atoms with Gasteiger partial charge in [0.2, 0.25) is 0 Å². The Kier molecular flexibility index (Phi) is 3.54. The van der Waals surface area contributed by atoms with Gasteiger partial charge in [-0.2, -0.15) is 0 Å². The average Bonchev–Trinajstić information content (AvgIpc) is 2.33. The molecule has 1 N–H and O–H groups in total. The second kappa shape index (κ2) is 4.94. The van der Waals surface area contributed by atoms with Crippen molar-refractivity contribution in [2.24, 2.45) is 0 Å². The van der Waals surface area contributed by atoms with Crippen molar-refractivity contribution in [3.05, 3.63) is 53.2 Å². The van der Waals surface area contributed by atoms with Crippen LogP contribution < -0.4 is 4.72 Å². The van der Waals surface area contributed by atoms with E-state index >= 15 is 0 Å². The van der Waals surface area contributed by atoms with Gasteiger partial charge in [0.15, 0.2) is 0 Å². The fourth-order valence-corrected chi connectivity index (χ4v) is 2.94. The first kappa shape index (κ1) is 12.2. The van der Waals surface area contributed by atoms with Crippen molar-refractivity contribution in [1.82, 2.24) is 4.72 Å². The van der Waals surface area contributed by atoms with Crippen molar-refractivity contribution in [2.45, 2.75) is 17.7 Å². The molecule has 0 aliphatic heterocycles. The van der Waals surface area contributed by atoms with Gasteiger partial charge in [-0.25, -0.2) is 8.42 Å². The second-order valence-corrected chi connectivity index (χ2v) is 5.76. The van der Waals surface area contributed by atoms with Gasteiger partial charge in [-0.1, -0.05) is 42.0 Å². The van der Waals surface area contributed by atoms with E-state index in [4.69, 9.17) is 11.6 Å². The molecule has 1 aliphatic rings. The Hall–Kier alpha value is -1.26. The van der Waals surface area contributed by atoms with Crippen LogP contribution in [0.3, 0.4) is 0 Å². The van der Waals surface area contributed by atoms with E-state index in [9.17, 15) is 8.42 Å². The molecule has 0 aromatic heterocycles. The molecule has 0 heterocycles. The van der Waals surface area contributed by atoms with Gasteiger partial charge in [0.05, 0.1) is 15.6 Å². The summed E-state index contributed by atoms with van der Waals surface area (Å²) in [7, 11) is -3.54. The minimum atomic E-state index is -3.54. The molecule has 0 amide bonds. The van der Waals surface area contributed by atoms with Gasteiger partial charge < -0.3 is 0 Å². The Labute approximate surface area is 106 Å². The summed E-state index contributed by atoms with van der Waals surface area (Å²) in [5, 5.41) is 0.454. The predicted molar refractivity (Wildman–Crippen MR) is 68.0 cm³/mol. The molecule has 2 rings (SSSR count). The zero-order valence-electron chi connectivity index (χ0n) is 9.06. The van der Waals surface area contributed by atoms with Crippen molar-refractivity contribution >= 4 is 21.6 Å². The number of hydrogen-bond donors (Lipinski definition) is 1. The maximum Gasteiger partial charge on any atom is 0.261 e.